The first kappa shape index (κ1) is 15.3. The maximum Gasteiger partial charge on any atom is 0.124 e. The molecule has 0 aliphatic rings. The van der Waals surface area contributed by atoms with Gasteiger partial charge in [0.2, 0.25) is 0 Å². The Bertz CT molecular complexity index is 563. The van der Waals surface area contributed by atoms with Crippen molar-refractivity contribution in [3.63, 3.8) is 0 Å². The maximum absolute atomic E-state index is 6.02. The summed E-state index contributed by atoms with van der Waals surface area (Å²) < 4.78 is 7.80. The van der Waals surface area contributed by atoms with E-state index in [9.17, 15) is 0 Å². The summed E-state index contributed by atoms with van der Waals surface area (Å²) in [4.78, 5) is 4.62. The SMILES string of the molecule is Cc1ccc2c(c1)nc(CCl)n2CCCCOC(C)C. The molecule has 0 aliphatic heterocycles. The molecule has 3 nitrogen and oxygen atoms in total. The number of hydrogen-bond acceptors (Lipinski definition) is 2. The van der Waals surface area contributed by atoms with Crippen molar-refractivity contribution in [2.45, 2.75) is 52.1 Å². The number of hydrogen-bond donors (Lipinski definition) is 0. The summed E-state index contributed by atoms with van der Waals surface area (Å²) >= 11 is 6.02. The number of rotatable bonds is 7. The van der Waals surface area contributed by atoms with E-state index in [-0.39, 0.29) is 0 Å². The third kappa shape index (κ3) is 3.74. The van der Waals surface area contributed by atoms with Crippen molar-refractivity contribution >= 4 is 22.6 Å². The van der Waals surface area contributed by atoms with E-state index in [0.29, 0.717) is 12.0 Å². The molecule has 20 heavy (non-hydrogen) atoms. The van der Waals surface area contributed by atoms with E-state index in [1.165, 1.54) is 11.1 Å². The zero-order valence-corrected chi connectivity index (χ0v) is 13.3. The summed E-state index contributed by atoms with van der Waals surface area (Å²) in [5, 5.41) is 0. The Hall–Kier alpha value is -1.06. The molecule has 2 aromatic rings. The number of halogens is 1. The van der Waals surface area contributed by atoms with Gasteiger partial charge in [-0.3, -0.25) is 0 Å². The first-order valence-corrected chi connectivity index (χ1v) is 7.78. The number of imidazole rings is 1. The molecule has 4 heteroatoms. The Balaban J connectivity index is 2.04. The summed E-state index contributed by atoms with van der Waals surface area (Å²) in [5.41, 5.74) is 3.45. The fraction of sp³-hybridized carbons (Fsp3) is 0.562. The van der Waals surface area contributed by atoms with E-state index >= 15 is 0 Å². The van der Waals surface area contributed by atoms with Gasteiger partial charge in [-0.15, -0.1) is 11.6 Å². The highest BCUT2D eigenvalue weighted by Crippen LogP contribution is 2.19. The van der Waals surface area contributed by atoms with Crippen molar-refractivity contribution < 1.29 is 4.74 Å². The van der Waals surface area contributed by atoms with Crippen LogP contribution in [0.5, 0.6) is 0 Å². The van der Waals surface area contributed by atoms with Gasteiger partial charge in [-0.25, -0.2) is 4.98 Å². The molecule has 1 aromatic heterocycles. The molecule has 0 unspecified atom stereocenters. The van der Waals surface area contributed by atoms with E-state index in [0.717, 1.165) is 37.3 Å². The zero-order valence-electron chi connectivity index (χ0n) is 12.5. The molecular weight excluding hydrogens is 272 g/mol. The number of alkyl halides is 1. The second-order valence-electron chi connectivity index (χ2n) is 5.43. The average molecular weight is 295 g/mol. The van der Waals surface area contributed by atoms with E-state index in [1.54, 1.807) is 0 Å². The van der Waals surface area contributed by atoms with Crippen LogP contribution in [0.15, 0.2) is 18.2 Å². The number of unbranched alkanes of at least 4 members (excludes halogenated alkanes) is 1. The molecular formula is C16H23ClN2O. The number of aromatic nitrogens is 2. The summed E-state index contributed by atoms with van der Waals surface area (Å²) in [5.74, 6) is 1.41. The maximum atomic E-state index is 6.02. The highest BCUT2D eigenvalue weighted by atomic mass is 35.5. The lowest BCUT2D eigenvalue weighted by atomic mass is 10.2. The molecule has 2 rings (SSSR count). The van der Waals surface area contributed by atoms with Crippen molar-refractivity contribution in [2.24, 2.45) is 0 Å². The molecule has 0 saturated heterocycles. The van der Waals surface area contributed by atoms with Gasteiger partial charge in [0.05, 0.1) is 23.0 Å². The Morgan fingerprint density at radius 2 is 2.10 bits per heavy atom. The van der Waals surface area contributed by atoms with Crippen molar-refractivity contribution in [3.8, 4) is 0 Å². The lowest BCUT2D eigenvalue weighted by Gasteiger charge is -2.09. The van der Waals surface area contributed by atoms with Gasteiger partial charge in [0.1, 0.15) is 5.82 Å². The minimum Gasteiger partial charge on any atom is -0.379 e. The van der Waals surface area contributed by atoms with Crippen LogP contribution in [0, 0.1) is 6.92 Å². The number of benzene rings is 1. The second-order valence-corrected chi connectivity index (χ2v) is 5.70. The second kappa shape index (κ2) is 7.09. The fourth-order valence-electron chi connectivity index (χ4n) is 2.33. The minimum absolute atomic E-state index is 0.311. The molecule has 0 radical (unpaired) electrons. The molecule has 1 heterocycles. The topological polar surface area (TPSA) is 27.1 Å². The van der Waals surface area contributed by atoms with Gasteiger partial charge in [0.25, 0.3) is 0 Å². The number of ether oxygens (including phenoxy) is 1. The summed E-state index contributed by atoms with van der Waals surface area (Å²) in [6.45, 7) is 7.99. The first-order valence-electron chi connectivity index (χ1n) is 7.25. The normalized spacial score (nSPS) is 11.7. The Morgan fingerprint density at radius 1 is 1.30 bits per heavy atom. The van der Waals surface area contributed by atoms with Gasteiger partial charge in [-0.2, -0.15) is 0 Å². The first-order chi connectivity index (χ1) is 9.61. The van der Waals surface area contributed by atoms with Gasteiger partial charge < -0.3 is 9.30 Å². The largest absolute Gasteiger partial charge is 0.379 e. The summed E-state index contributed by atoms with van der Waals surface area (Å²) in [6, 6.07) is 6.38. The molecule has 0 aliphatic carbocycles. The molecule has 0 spiro atoms. The van der Waals surface area contributed by atoms with Crippen molar-refractivity contribution in [1.29, 1.82) is 0 Å². The highest BCUT2D eigenvalue weighted by molar-refractivity contribution is 6.16. The van der Waals surface area contributed by atoms with Crippen LogP contribution in [0.25, 0.3) is 11.0 Å². The fourth-order valence-corrected chi connectivity index (χ4v) is 2.54. The third-order valence-corrected chi connectivity index (χ3v) is 3.57. The molecule has 0 bridgehead atoms. The minimum atomic E-state index is 0.311. The molecule has 0 atom stereocenters. The molecule has 110 valence electrons. The smallest absolute Gasteiger partial charge is 0.124 e. The Labute approximate surface area is 125 Å². The van der Waals surface area contributed by atoms with Gasteiger partial charge in [0.15, 0.2) is 0 Å². The van der Waals surface area contributed by atoms with E-state index in [4.69, 9.17) is 16.3 Å². The number of fused-ring (bicyclic) bond motifs is 1. The van der Waals surface area contributed by atoms with Crippen LogP contribution in [0.3, 0.4) is 0 Å². The van der Waals surface area contributed by atoms with E-state index in [1.807, 2.05) is 0 Å². The molecule has 1 aromatic carbocycles. The molecule has 0 fully saturated rings. The van der Waals surface area contributed by atoms with Crippen molar-refractivity contribution in [1.82, 2.24) is 9.55 Å². The zero-order chi connectivity index (χ0) is 14.5. The monoisotopic (exact) mass is 294 g/mol. The van der Waals surface area contributed by atoms with Gasteiger partial charge >= 0.3 is 0 Å². The quantitative estimate of drug-likeness (QED) is 0.563. The van der Waals surface area contributed by atoms with Crippen LogP contribution in [-0.4, -0.2) is 22.3 Å². The number of aryl methyl sites for hydroxylation is 2. The predicted molar refractivity (Wildman–Crippen MR) is 84.3 cm³/mol. The summed E-state index contributed by atoms with van der Waals surface area (Å²) in [6.07, 6.45) is 2.45. The van der Waals surface area contributed by atoms with Crippen molar-refractivity contribution in [2.75, 3.05) is 6.61 Å². The standard InChI is InChI=1S/C16H23ClN2O/c1-12(2)20-9-5-4-8-19-15-7-6-13(3)10-14(15)18-16(19)11-17/h6-7,10,12H,4-5,8-9,11H2,1-3H3. The van der Waals surface area contributed by atoms with Crippen molar-refractivity contribution in [3.05, 3.63) is 29.6 Å². The summed E-state index contributed by atoms with van der Waals surface area (Å²) in [7, 11) is 0. The van der Waals surface area contributed by atoms with Gasteiger partial charge in [-0.05, 0) is 51.3 Å². The van der Waals surface area contributed by atoms with Gasteiger partial charge in [0, 0.05) is 13.2 Å². The van der Waals surface area contributed by atoms with Crippen LogP contribution in [0.2, 0.25) is 0 Å². The average Bonchev–Trinajstić information content (AvgIpc) is 2.75. The van der Waals surface area contributed by atoms with Crippen LogP contribution >= 0.6 is 11.6 Å². The van der Waals surface area contributed by atoms with Crippen LogP contribution < -0.4 is 0 Å². The van der Waals surface area contributed by atoms with E-state index < -0.39 is 0 Å². The van der Waals surface area contributed by atoms with Crippen LogP contribution in [0.1, 0.15) is 38.1 Å². The Morgan fingerprint density at radius 3 is 2.80 bits per heavy atom. The van der Waals surface area contributed by atoms with Gasteiger partial charge in [-0.1, -0.05) is 6.07 Å². The molecule has 0 saturated carbocycles. The molecule has 0 amide bonds. The third-order valence-electron chi connectivity index (χ3n) is 3.33. The lowest BCUT2D eigenvalue weighted by Crippen LogP contribution is -2.07. The van der Waals surface area contributed by atoms with Crippen LogP contribution in [0.4, 0.5) is 0 Å². The lowest BCUT2D eigenvalue weighted by molar-refractivity contribution is 0.0754. The van der Waals surface area contributed by atoms with Crippen LogP contribution in [-0.2, 0) is 17.2 Å². The van der Waals surface area contributed by atoms with E-state index in [2.05, 4.69) is 48.5 Å². The number of nitrogens with zero attached hydrogens (tertiary/aromatic N) is 2. The molecule has 0 N–H and O–H groups in total. The predicted octanol–water partition coefficient (Wildman–Crippen LogP) is 4.29. The highest BCUT2D eigenvalue weighted by Gasteiger charge is 2.09. The Kier molecular flexibility index (Phi) is 5.44.